The van der Waals surface area contributed by atoms with Crippen LogP contribution in [-0.4, -0.2) is 35.7 Å². The third kappa shape index (κ3) is 7.32. The van der Waals surface area contributed by atoms with E-state index in [1.165, 1.54) is 31.2 Å². The number of benzene rings is 1. The number of nitriles is 1. The van der Waals surface area contributed by atoms with Gasteiger partial charge in [-0.25, -0.2) is 0 Å². The maximum Gasteiger partial charge on any atom is 0.328 e. The van der Waals surface area contributed by atoms with E-state index in [0.29, 0.717) is 31.4 Å². The SMILES string of the molecule is CCOC(=O)CCCCCC(C(C)=O)(C(=O)OC(C)(C)C)C(=O)c1ccc(C#N)cc1. The highest BCUT2D eigenvalue weighted by molar-refractivity contribution is 6.26. The molecule has 0 fully saturated rings. The first-order valence-corrected chi connectivity index (χ1v) is 10.4. The smallest absolute Gasteiger partial charge is 0.328 e. The number of esters is 2. The summed E-state index contributed by atoms with van der Waals surface area (Å²) in [6.45, 7) is 8.26. The zero-order valence-electron chi connectivity index (χ0n) is 18.9. The second-order valence-electron chi connectivity index (χ2n) is 8.35. The Labute approximate surface area is 183 Å². The van der Waals surface area contributed by atoms with E-state index < -0.39 is 28.6 Å². The molecule has 31 heavy (non-hydrogen) atoms. The summed E-state index contributed by atoms with van der Waals surface area (Å²) in [6, 6.07) is 7.77. The van der Waals surface area contributed by atoms with Gasteiger partial charge in [0.2, 0.25) is 0 Å². The van der Waals surface area contributed by atoms with Crippen molar-refractivity contribution in [1.29, 1.82) is 5.26 Å². The summed E-state index contributed by atoms with van der Waals surface area (Å²) < 4.78 is 10.4. The maximum atomic E-state index is 13.4. The molecule has 7 nitrogen and oxygen atoms in total. The molecule has 1 aromatic rings. The van der Waals surface area contributed by atoms with Crippen molar-refractivity contribution in [1.82, 2.24) is 0 Å². The molecular formula is C24H31NO6. The molecule has 1 atom stereocenters. The average Bonchev–Trinajstić information content (AvgIpc) is 2.69. The third-order valence-electron chi connectivity index (χ3n) is 4.75. The molecule has 0 aliphatic heterocycles. The summed E-state index contributed by atoms with van der Waals surface area (Å²) in [6.07, 6.45) is 1.64. The number of Topliss-reactive ketones (excluding diaryl/α,β-unsaturated/α-hetero) is 2. The van der Waals surface area contributed by atoms with Gasteiger partial charge in [-0.05, 0) is 59.6 Å². The van der Waals surface area contributed by atoms with E-state index in [0.717, 1.165) is 0 Å². The van der Waals surface area contributed by atoms with E-state index >= 15 is 0 Å². The lowest BCUT2D eigenvalue weighted by atomic mass is 9.73. The fourth-order valence-corrected chi connectivity index (χ4v) is 3.17. The molecule has 0 N–H and O–H groups in total. The van der Waals surface area contributed by atoms with Gasteiger partial charge in [-0.1, -0.05) is 25.0 Å². The fraction of sp³-hybridized carbons (Fsp3) is 0.542. The summed E-state index contributed by atoms with van der Waals surface area (Å²) >= 11 is 0. The number of ether oxygens (including phenoxy) is 2. The Hall–Kier alpha value is -3.01. The van der Waals surface area contributed by atoms with E-state index in [1.54, 1.807) is 27.7 Å². The van der Waals surface area contributed by atoms with Crippen LogP contribution in [0.3, 0.4) is 0 Å². The molecule has 0 aromatic heterocycles. The maximum absolute atomic E-state index is 13.4. The Morgan fingerprint density at radius 3 is 2.10 bits per heavy atom. The van der Waals surface area contributed by atoms with Gasteiger partial charge in [-0.15, -0.1) is 0 Å². The van der Waals surface area contributed by atoms with Crippen molar-refractivity contribution in [2.75, 3.05) is 6.61 Å². The molecule has 0 spiro atoms. The number of rotatable bonds is 11. The van der Waals surface area contributed by atoms with Crippen LogP contribution in [0.5, 0.6) is 0 Å². The van der Waals surface area contributed by atoms with Crippen molar-refractivity contribution >= 4 is 23.5 Å². The predicted molar refractivity (Wildman–Crippen MR) is 114 cm³/mol. The van der Waals surface area contributed by atoms with Crippen LogP contribution in [-0.2, 0) is 23.9 Å². The number of carbonyl (C=O) groups is 4. The molecule has 0 radical (unpaired) electrons. The van der Waals surface area contributed by atoms with Crippen LogP contribution in [0.2, 0.25) is 0 Å². The van der Waals surface area contributed by atoms with Crippen molar-refractivity contribution in [2.45, 2.75) is 72.3 Å². The Kier molecular flexibility index (Phi) is 9.57. The Balaban J connectivity index is 3.15. The Morgan fingerprint density at radius 2 is 1.61 bits per heavy atom. The van der Waals surface area contributed by atoms with Crippen LogP contribution < -0.4 is 0 Å². The first-order valence-electron chi connectivity index (χ1n) is 10.4. The van der Waals surface area contributed by atoms with Gasteiger partial charge in [-0.2, -0.15) is 5.26 Å². The molecule has 0 saturated carbocycles. The quantitative estimate of drug-likeness (QED) is 0.225. The second kappa shape index (κ2) is 11.4. The standard InChI is InChI=1S/C24H31NO6/c1-6-30-20(27)10-8-7-9-15-24(17(2)26,22(29)31-23(3,4)5)21(28)19-13-11-18(16-25)12-14-19/h11-14H,6-10,15H2,1-5H3. The van der Waals surface area contributed by atoms with Crippen LogP contribution in [0.15, 0.2) is 24.3 Å². The molecule has 7 heteroatoms. The van der Waals surface area contributed by atoms with Crippen molar-refractivity contribution in [3.05, 3.63) is 35.4 Å². The molecule has 0 bridgehead atoms. The van der Waals surface area contributed by atoms with Crippen LogP contribution in [0.4, 0.5) is 0 Å². The van der Waals surface area contributed by atoms with Gasteiger partial charge in [0.1, 0.15) is 5.60 Å². The van der Waals surface area contributed by atoms with E-state index in [-0.39, 0.29) is 24.4 Å². The zero-order chi connectivity index (χ0) is 23.7. The van der Waals surface area contributed by atoms with Gasteiger partial charge in [0.25, 0.3) is 0 Å². The third-order valence-corrected chi connectivity index (χ3v) is 4.75. The Morgan fingerprint density at radius 1 is 1.00 bits per heavy atom. The second-order valence-corrected chi connectivity index (χ2v) is 8.35. The first-order chi connectivity index (χ1) is 14.5. The lowest BCUT2D eigenvalue weighted by molar-refractivity contribution is -0.167. The monoisotopic (exact) mass is 429 g/mol. The van der Waals surface area contributed by atoms with Crippen molar-refractivity contribution in [3.8, 4) is 6.07 Å². The van der Waals surface area contributed by atoms with Gasteiger partial charge in [-0.3, -0.25) is 19.2 Å². The molecule has 0 amide bonds. The van der Waals surface area contributed by atoms with Gasteiger partial charge in [0.05, 0.1) is 18.2 Å². The van der Waals surface area contributed by atoms with Crippen LogP contribution in [0, 0.1) is 16.7 Å². The molecule has 0 aliphatic carbocycles. The van der Waals surface area contributed by atoms with Crippen LogP contribution in [0.1, 0.15) is 82.6 Å². The largest absolute Gasteiger partial charge is 0.466 e. The van der Waals surface area contributed by atoms with Gasteiger partial charge in [0, 0.05) is 12.0 Å². The first kappa shape index (κ1) is 26.0. The fourth-order valence-electron chi connectivity index (χ4n) is 3.17. The van der Waals surface area contributed by atoms with E-state index in [9.17, 15) is 19.2 Å². The topological polar surface area (TPSA) is 111 Å². The number of carbonyl (C=O) groups excluding carboxylic acids is 4. The molecule has 0 saturated heterocycles. The number of hydrogen-bond acceptors (Lipinski definition) is 7. The number of ketones is 2. The van der Waals surface area contributed by atoms with Crippen molar-refractivity contribution < 1.29 is 28.7 Å². The average molecular weight is 430 g/mol. The van der Waals surface area contributed by atoms with Gasteiger partial charge < -0.3 is 9.47 Å². The van der Waals surface area contributed by atoms with E-state index in [2.05, 4.69) is 0 Å². The minimum Gasteiger partial charge on any atom is -0.466 e. The van der Waals surface area contributed by atoms with Crippen LogP contribution >= 0.6 is 0 Å². The van der Waals surface area contributed by atoms with Gasteiger partial charge in [0.15, 0.2) is 17.0 Å². The number of unbranched alkanes of at least 4 members (excludes halogenated alkanes) is 2. The Bertz CT molecular complexity index is 844. The summed E-state index contributed by atoms with van der Waals surface area (Å²) in [5, 5.41) is 8.97. The minimum atomic E-state index is -1.98. The molecule has 0 aliphatic rings. The van der Waals surface area contributed by atoms with Crippen molar-refractivity contribution in [3.63, 3.8) is 0 Å². The lowest BCUT2D eigenvalue weighted by Gasteiger charge is -2.31. The summed E-state index contributed by atoms with van der Waals surface area (Å²) in [5.74, 6) is -2.43. The molecule has 1 rings (SSSR count). The summed E-state index contributed by atoms with van der Waals surface area (Å²) in [7, 11) is 0. The molecule has 1 aromatic carbocycles. The highest BCUT2D eigenvalue weighted by atomic mass is 16.6. The highest BCUT2D eigenvalue weighted by Gasteiger charge is 2.52. The van der Waals surface area contributed by atoms with E-state index in [4.69, 9.17) is 14.7 Å². The lowest BCUT2D eigenvalue weighted by Crippen LogP contribution is -2.48. The summed E-state index contributed by atoms with van der Waals surface area (Å²) in [5.41, 5.74) is -2.34. The normalized spacial score (nSPS) is 12.9. The number of nitrogens with zero attached hydrogens (tertiary/aromatic N) is 1. The van der Waals surface area contributed by atoms with Gasteiger partial charge >= 0.3 is 11.9 Å². The van der Waals surface area contributed by atoms with Crippen molar-refractivity contribution in [2.24, 2.45) is 5.41 Å². The summed E-state index contributed by atoms with van der Waals surface area (Å²) in [4.78, 5) is 50.8. The zero-order valence-corrected chi connectivity index (χ0v) is 18.9. The minimum absolute atomic E-state index is 0.0289. The highest BCUT2D eigenvalue weighted by Crippen LogP contribution is 2.34. The van der Waals surface area contributed by atoms with Crippen LogP contribution in [0.25, 0.3) is 0 Å². The predicted octanol–water partition coefficient (Wildman–Crippen LogP) is 4.17. The molecule has 168 valence electrons. The number of hydrogen-bond donors (Lipinski definition) is 0. The molecule has 1 unspecified atom stereocenters. The molecule has 0 heterocycles. The van der Waals surface area contributed by atoms with E-state index in [1.807, 2.05) is 6.07 Å². The molecular weight excluding hydrogens is 398 g/mol.